The van der Waals surface area contributed by atoms with Crippen molar-refractivity contribution in [1.82, 2.24) is 5.32 Å². The van der Waals surface area contributed by atoms with Gasteiger partial charge in [0.25, 0.3) is 5.91 Å². The molecule has 1 aliphatic heterocycles. The van der Waals surface area contributed by atoms with Gasteiger partial charge in [-0.05, 0) is 30.2 Å². The summed E-state index contributed by atoms with van der Waals surface area (Å²) in [4.78, 5) is 37.9. The highest BCUT2D eigenvalue weighted by Crippen LogP contribution is 2.31. The minimum Gasteiger partial charge on any atom is -0.482 e. The standard InChI is InChI=1S/C21H23N3O4/c1-2-15-7-3-4-8-16(15)23-20(26)13-22-19(25)11-12-24-17-9-5-6-10-18(17)28-14-21(24)27/h3-10H,2,11-14H2,1H3,(H,22,25)(H,23,26). The molecule has 0 spiro atoms. The predicted octanol–water partition coefficient (Wildman–Crippen LogP) is 2.12. The first kappa shape index (κ1) is 19.4. The average Bonchev–Trinajstić information content (AvgIpc) is 2.72. The molecule has 0 atom stereocenters. The van der Waals surface area contributed by atoms with Crippen LogP contribution in [0.15, 0.2) is 48.5 Å². The fourth-order valence-electron chi connectivity index (χ4n) is 3.02. The number of nitrogens with zero attached hydrogens (tertiary/aromatic N) is 1. The highest BCUT2D eigenvalue weighted by atomic mass is 16.5. The minimum absolute atomic E-state index is 0.0438. The maximum Gasteiger partial charge on any atom is 0.265 e. The number of hydrogen-bond acceptors (Lipinski definition) is 4. The van der Waals surface area contributed by atoms with E-state index in [9.17, 15) is 14.4 Å². The number of fused-ring (bicyclic) bond motifs is 1. The van der Waals surface area contributed by atoms with Gasteiger partial charge in [0.05, 0.1) is 12.2 Å². The molecule has 146 valence electrons. The van der Waals surface area contributed by atoms with Crippen LogP contribution in [-0.4, -0.2) is 37.4 Å². The van der Waals surface area contributed by atoms with Crippen LogP contribution in [0.2, 0.25) is 0 Å². The van der Waals surface area contributed by atoms with E-state index in [4.69, 9.17) is 4.74 Å². The first-order chi connectivity index (χ1) is 13.6. The van der Waals surface area contributed by atoms with Crippen molar-refractivity contribution in [3.8, 4) is 5.75 Å². The van der Waals surface area contributed by atoms with Crippen LogP contribution in [-0.2, 0) is 20.8 Å². The van der Waals surface area contributed by atoms with Gasteiger partial charge >= 0.3 is 0 Å². The first-order valence-electron chi connectivity index (χ1n) is 9.25. The van der Waals surface area contributed by atoms with Crippen molar-refractivity contribution >= 4 is 29.1 Å². The van der Waals surface area contributed by atoms with Gasteiger partial charge in [-0.3, -0.25) is 14.4 Å². The van der Waals surface area contributed by atoms with Gasteiger partial charge in [-0.25, -0.2) is 0 Å². The van der Waals surface area contributed by atoms with E-state index in [1.165, 1.54) is 4.90 Å². The largest absolute Gasteiger partial charge is 0.482 e. The number of rotatable bonds is 7. The second kappa shape index (κ2) is 9.03. The molecule has 0 saturated heterocycles. The van der Waals surface area contributed by atoms with Crippen LogP contribution < -0.4 is 20.3 Å². The molecule has 2 N–H and O–H groups in total. The Bertz CT molecular complexity index is 881. The molecule has 0 bridgehead atoms. The van der Waals surface area contributed by atoms with E-state index in [1.54, 1.807) is 12.1 Å². The lowest BCUT2D eigenvalue weighted by atomic mass is 10.1. The molecule has 2 aromatic carbocycles. The van der Waals surface area contributed by atoms with Crippen LogP contribution in [0.25, 0.3) is 0 Å². The lowest BCUT2D eigenvalue weighted by molar-refractivity contribution is -0.124. The second-order valence-corrected chi connectivity index (χ2v) is 6.39. The van der Waals surface area contributed by atoms with E-state index in [-0.39, 0.29) is 43.8 Å². The molecule has 3 amide bonds. The minimum atomic E-state index is -0.296. The Labute approximate surface area is 163 Å². The summed E-state index contributed by atoms with van der Waals surface area (Å²) >= 11 is 0. The van der Waals surface area contributed by atoms with Crippen LogP contribution in [0.1, 0.15) is 18.9 Å². The molecule has 1 heterocycles. The third-order valence-corrected chi connectivity index (χ3v) is 4.49. The van der Waals surface area contributed by atoms with Crippen LogP contribution in [0.3, 0.4) is 0 Å². The molecule has 0 radical (unpaired) electrons. The maximum absolute atomic E-state index is 12.1. The third-order valence-electron chi connectivity index (χ3n) is 4.49. The van der Waals surface area contributed by atoms with E-state index in [0.717, 1.165) is 17.7 Å². The molecule has 0 unspecified atom stereocenters. The van der Waals surface area contributed by atoms with Crippen molar-refractivity contribution in [2.45, 2.75) is 19.8 Å². The van der Waals surface area contributed by atoms with Crippen molar-refractivity contribution < 1.29 is 19.1 Å². The Morgan fingerprint density at radius 1 is 1.07 bits per heavy atom. The lowest BCUT2D eigenvalue weighted by Gasteiger charge is -2.29. The fourth-order valence-corrected chi connectivity index (χ4v) is 3.02. The summed E-state index contributed by atoms with van der Waals surface area (Å²) in [6.07, 6.45) is 0.900. The number of hydrogen-bond donors (Lipinski definition) is 2. The molecule has 0 aromatic heterocycles. The number of nitrogens with one attached hydrogen (secondary N) is 2. The molecule has 7 nitrogen and oxygen atoms in total. The summed E-state index contributed by atoms with van der Waals surface area (Å²) in [5, 5.41) is 5.41. The number of carbonyl (C=O) groups excluding carboxylic acids is 3. The normalized spacial score (nSPS) is 12.8. The monoisotopic (exact) mass is 381 g/mol. The van der Waals surface area contributed by atoms with Crippen LogP contribution >= 0.6 is 0 Å². The van der Waals surface area contributed by atoms with Gasteiger partial charge in [0.2, 0.25) is 11.8 Å². The quantitative estimate of drug-likeness (QED) is 0.769. The Balaban J connectivity index is 1.48. The molecule has 0 saturated carbocycles. The predicted molar refractivity (Wildman–Crippen MR) is 106 cm³/mol. The van der Waals surface area contributed by atoms with Crippen molar-refractivity contribution in [3.63, 3.8) is 0 Å². The number of aryl methyl sites for hydroxylation is 1. The van der Waals surface area contributed by atoms with Gasteiger partial charge < -0.3 is 20.3 Å². The molecule has 2 aromatic rings. The summed E-state index contributed by atoms with van der Waals surface area (Å²) in [7, 11) is 0. The van der Waals surface area contributed by atoms with E-state index in [0.29, 0.717) is 11.4 Å². The molecular formula is C21H23N3O4. The van der Waals surface area contributed by atoms with E-state index in [1.807, 2.05) is 43.3 Å². The van der Waals surface area contributed by atoms with Gasteiger partial charge in [-0.1, -0.05) is 37.3 Å². The summed E-state index contributed by atoms with van der Waals surface area (Å²) in [5.41, 5.74) is 2.44. The Kier molecular flexibility index (Phi) is 6.26. The number of anilines is 2. The number of ether oxygens (including phenoxy) is 1. The topological polar surface area (TPSA) is 87.7 Å². The van der Waals surface area contributed by atoms with Crippen LogP contribution in [0.4, 0.5) is 11.4 Å². The number of para-hydroxylation sites is 3. The van der Waals surface area contributed by atoms with E-state index in [2.05, 4.69) is 10.6 Å². The Morgan fingerprint density at radius 2 is 1.82 bits per heavy atom. The van der Waals surface area contributed by atoms with Crippen molar-refractivity contribution in [1.29, 1.82) is 0 Å². The second-order valence-electron chi connectivity index (χ2n) is 6.39. The molecule has 7 heteroatoms. The highest BCUT2D eigenvalue weighted by Gasteiger charge is 2.25. The van der Waals surface area contributed by atoms with Crippen molar-refractivity contribution in [2.24, 2.45) is 0 Å². The third kappa shape index (κ3) is 4.68. The van der Waals surface area contributed by atoms with Gasteiger partial charge in [-0.15, -0.1) is 0 Å². The SMILES string of the molecule is CCc1ccccc1NC(=O)CNC(=O)CCN1C(=O)COc2ccccc21. The van der Waals surface area contributed by atoms with Gasteiger partial charge in [0.15, 0.2) is 6.61 Å². The molecule has 0 aliphatic carbocycles. The number of carbonyl (C=O) groups is 3. The van der Waals surface area contributed by atoms with Crippen molar-refractivity contribution in [2.75, 3.05) is 29.9 Å². The number of benzene rings is 2. The van der Waals surface area contributed by atoms with E-state index < -0.39 is 0 Å². The summed E-state index contributed by atoms with van der Waals surface area (Å²) in [6, 6.07) is 14.8. The zero-order valence-corrected chi connectivity index (χ0v) is 15.7. The summed E-state index contributed by atoms with van der Waals surface area (Å²) in [5.74, 6) is -0.158. The molecular weight excluding hydrogens is 358 g/mol. The van der Waals surface area contributed by atoms with Crippen LogP contribution in [0, 0.1) is 0 Å². The zero-order chi connectivity index (χ0) is 19.9. The molecule has 1 aliphatic rings. The van der Waals surface area contributed by atoms with Crippen molar-refractivity contribution in [3.05, 3.63) is 54.1 Å². The fraction of sp³-hybridized carbons (Fsp3) is 0.286. The average molecular weight is 381 g/mol. The van der Waals surface area contributed by atoms with Gasteiger partial charge in [0.1, 0.15) is 5.75 Å². The molecule has 0 fully saturated rings. The molecule has 3 rings (SSSR count). The summed E-state index contributed by atoms with van der Waals surface area (Å²) in [6.45, 7) is 2.07. The number of amides is 3. The van der Waals surface area contributed by atoms with Gasteiger partial charge in [-0.2, -0.15) is 0 Å². The maximum atomic E-state index is 12.1. The van der Waals surface area contributed by atoms with Crippen LogP contribution in [0.5, 0.6) is 5.75 Å². The first-order valence-corrected chi connectivity index (χ1v) is 9.25. The Hall–Kier alpha value is -3.35. The highest BCUT2D eigenvalue weighted by molar-refractivity contribution is 5.98. The smallest absolute Gasteiger partial charge is 0.265 e. The zero-order valence-electron chi connectivity index (χ0n) is 15.7. The van der Waals surface area contributed by atoms with Gasteiger partial charge in [0, 0.05) is 18.7 Å². The van der Waals surface area contributed by atoms with E-state index >= 15 is 0 Å². The summed E-state index contributed by atoms with van der Waals surface area (Å²) < 4.78 is 5.38. The Morgan fingerprint density at radius 3 is 2.64 bits per heavy atom. The lowest BCUT2D eigenvalue weighted by Crippen LogP contribution is -2.41. The molecule has 28 heavy (non-hydrogen) atoms.